The van der Waals surface area contributed by atoms with Crippen LogP contribution < -0.4 is 5.73 Å². The van der Waals surface area contributed by atoms with Crippen LogP contribution in [0.4, 0.5) is 0 Å². The summed E-state index contributed by atoms with van der Waals surface area (Å²) in [6.45, 7) is 0.797. The lowest BCUT2D eigenvalue weighted by molar-refractivity contribution is 0.200. The molecule has 0 radical (unpaired) electrons. The number of nitrogens with one attached hydrogen (secondary N) is 1. The number of methoxy groups -OCH3 is 1. The summed E-state index contributed by atoms with van der Waals surface area (Å²) in [6.07, 6.45) is 1.04. The van der Waals surface area contributed by atoms with Gasteiger partial charge in [0.15, 0.2) is 0 Å². The Kier molecular flexibility index (Phi) is 6.74. The number of nitrogens with two attached hydrogens (primary N) is 1. The minimum Gasteiger partial charge on any atom is -0.387 e. The largest absolute Gasteiger partial charge is 0.387 e. The van der Waals surface area contributed by atoms with Crippen LogP contribution in [-0.2, 0) is 4.74 Å². The normalized spacial score (nSPS) is 9.70. The summed E-state index contributed by atoms with van der Waals surface area (Å²) in [5, 5.41) is 6.90. The maximum Gasteiger partial charge on any atom is 0.101 e. The highest BCUT2D eigenvalue weighted by Gasteiger charge is 1.90. The van der Waals surface area contributed by atoms with Crippen LogP contribution in [0.1, 0.15) is 6.42 Å². The van der Waals surface area contributed by atoms with Gasteiger partial charge in [0.2, 0.25) is 0 Å². The van der Waals surface area contributed by atoms with E-state index in [0.717, 1.165) is 18.8 Å². The van der Waals surface area contributed by atoms with E-state index in [2.05, 4.69) is 0 Å². The van der Waals surface area contributed by atoms with E-state index in [1.807, 2.05) is 0 Å². The first-order valence-corrected chi connectivity index (χ1v) is 4.32. The fraction of sp³-hybridized carbons (Fsp3) is 0.833. The zero-order valence-corrected chi connectivity index (χ0v) is 7.04. The van der Waals surface area contributed by atoms with Crippen LogP contribution in [-0.4, -0.2) is 31.1 Å². The maximum atomic E-state index is 6.90. The highest BCUT2D eigenvalue weighted by atomic mass is 32.2. The topological polar surface area (TPSA) is 59.1 Å². The number of thioether (sulfide) groups is 1. The first kappa shape index (κ1) is 9.78. The molecule has 0 aliphatic heterocycles. The first-order valence-electron chi connectivity index (χ1n) is 3.17. The summed E-state index contributed by atoms with van der Waals surface area (Å²) in [7, 11) is 1.69. The number of rotatable bonds is 6. The van der Waals surface area contributed by atoms with E-state index in [-0.39, 0.29) is 5.84 Å². The molecule has 0 amide bonds. The van der Waals surface area contributed by atoms with Gasteiger partial charge in [0.05, 0.1) is 5.75 Å². The molecule has 3 nitrogen and oxygen atoms in total. The summed E-state index contributed by atoms with van der Waals surface area (Å²) in [5.74, 6) is 1.92. The van der Waals surface area contributed by atoms with Gasteiger partial charge in [0.1, 0.15) is 5.84 Å². The highest BCUT2D eigenvalue weighted by molar-refractivity contribution is 7.99. The van der Waals surface area contributed by atoms with Gasteiger partial charge in [-0.1, -0.05) is 0 Å². The lowest BCUT2D eigenvalue weighted by Crippen LogP contribution is -2.12. The van der Waals surface area contributed by atoms with E-state index < -0.39 is 0 Å². The molecule has 0 saturated carbocycles. The van der Waals surface area contributed by atoms with Gasteiger partial charge in [0.25, 0.3) is 0 Å². The molecule has 10 heavy (non-hydrogen) atoms. The van der Waals surface area contributed by atoms with Gasteiger partial charge < -0.3 is 10.5 Å². The number of hydrogen-bond acceptors (Lipinski definition) is 3. The Labute approximate surface area is 65.8 Å². The standard InChI is InChI=1S/C6H14N2OS/c1-9-3-2-4-10-5-6(7)8/h2-5H2,1H3,(H3,7,8). The molecular weight excluding hydrogens is 148 g/mol. The van der Waals surface area contributed by atoms with Gasteiger partial charge in [-0.05, 0) is 12.2 Å². The van der Waals surface area contributed by atoms with Crippen molar-refractivity contribution in [3.8, 4) is 0 Å². The molecule has 4 heteroatoms. The van der Waals surface area contributed by atoms with Crippen molar-refractivity contribution in [3.63, 3.8) is 0 Å². The number of amidine groups is 1. The molecule has 0 aliphatic carbocycles. The van der Waals surface area contributed by atoms with E-state index in [4.69, 9.17) is 15.9 Å². The Balaban J connectivity index is 2.84. The molecule has 0 fully saturated rings. The molecule has 0 rings (SSSR count). The van der Waals surface area contributed by atoms with E-state index >= 15 is 0 Å². The van der Waals surface area contributed by atoms with Crippen molar-refractivity contribution in [2.45, 2.75) is 6.42 Å². The fourth-order valence-corrected chi connectivity index (χ4v) is 1.17. The molecule has 0 aromatic carbocycles. The third-order valence-corrected chi connectivity index (χ3v) is 1.99. The van der Waals surface area contributed by atoms with Gasteiger partial charge >= 0.3 is 0 Å². The van der Waals surface area contributed by atoms with E-state index in [1.165, 1.54) is 0 Å². The van der Waals surface area contributed by atoms with Gasteiger partial charge in [-0.2, -0.15) is 11.8 Å². The Hall–Kier alpha value is -0.220. The van der Waals surface area contributed by atoms with Gasteiger partial charge in [0, 0.05) is 13.7 Å². The van der Waals surface area contributed by atoms with Crippen LogP contribution in [0.25, 0.3) is 0 Å². The predicted octanol–water partition coefficient (Wildman–Crippen LogP) is 0.692. The molecule has 0 saturated heterocycles. The monoisotopic (exact) mass is 162 g/mol. The maximum absolute atomic E-state index is 6.90. The van der Waals surface area contributed by atoms with Crippen molar-refractivity contribution in [1.82, 2.24) is 0 Å². The SMILES string of the molecule is COCCCSCC(=N)N. The Morgan fingerprint density at radius 2 is 2.40 bits per heavy atom. The fourth-order valence-electron chi connectivity index (χ4n) is 0.487. The summed E-state index contributed by atoms with van der Waals surface area (Å²) in [5.41, 5.74) is 5.14. The lowest BCUT2D eigenvalue weighted by atomic mass is 10.5. The Morgan fingerprint density at radius 1 is 1.70 bits per heavy atom. The molecule has 0 bridgehead atoms. The molecule has 0 spiro atoms. The highest BCUT2D eigenvalue weighted by Crippen LogP contribution is 2.00. The Bertz CT molecular complexity index is 97.7. The zero-order chi connectivity index (χ0) is 7.82. The van der Waals surface area contributed by atoms with Crippen LogP contribution in [0, 0.1) is 5.41 Å². The minimum atomic E-state index is 0.252. The molecule has 0 aliphatic rings. The molecule has 3 N–H and O–H groups in total. The zero-order valence-electron chi connectivity index (χ0n) is 6.22. The van der Waals surface area contributed by atoms with Crippen molar-refractivity contribution in [3.05, 3.63) is 0 Å². The summed E-state index contributed by atoms with van der Waals surface area (Å²) in [4.78, 5) is 0. The third-order valence-electron chi connectivity index (χ3n) is 0.895. The van der Waals surface area contributed by atoms with Gasteiger partial charge in [-0.25, -0.2) is 0 Å². The number of ether oxygens (including phenoxy) is 1. The number of hydrogen-bond donors (Lipinski definition) is 2. The quantitative estimate of drug-likeness (QED) is 0.343. The van der Waals surface area contributed by atoms with Gasteiger partial charge in [-0.3, -0.25) is 5.41 Å². The lowest BCUT2D eigenvalue weighted by Gasteiger charge is -1.98. The smallest absolute Gasteiger partial charge is 0.101 e. The van der Waals surface area contributed by atoms with Crippen LogP contribution in [0.2, 0.25) is 0 Å². The van der Waals surface area contributed by atoms with Crippen molar-refractivity contribution in [2.24, 2.45) is 5.73 Å². The molecule has 0 aromatic rings. The second-order valence-electron chi connectivity index (χ2n) is 1.92. The Morgan fingerprint density at radius 3 is 2.90 bits per heavy atom. The van der Waals surface area contributed by atoms with E-state index in [9.17, 15) is 0 Å². The summed E-state index contributed by atoms with van der Waals surface area (Å²) >= 11 is 1.67. The summed E-state index contributed by atoms with van der Waals surface area (Å²) in [6, 6.07) is 0. The molecular formula is C6H14N2OS. The third kappa shape index (κ3) is 7.78. The van der Waals surface area contributed by atoms with Crippen molar-refractivity contribution in [1.29, 1.82) is 5.41 Å². The van der Waals surface area contributed by atoms with E-state index in [1.54, 1.807) is 18.9 Å². The molecule has 60 valence electrons. The molecule has 0 heterocycles. The van der Waals surface area contributed by atoms with Crippen LogP contribution in [0.5, 0.6) is 0 Å². The van der Waals surface area contributed by atoms with Crippen LogP contribution >= 0.6 is 11.8 Å². The summed E-state index contributed by atoms with van der Waals surface area (Å²) < 4.78 is 4.85. The second kappa shape index (κ2) is 6.89. The second-order valence-corrected chi connectivity index (χ2v) is 3.03. The average Bonchev–Trinajstić information content (AvgIpc) is 1.87. The first-order chi connectivity index (χ1) is 4.77. The van der Waals surface area contributed by atoms with Gasteiger partial charge in [-0.15, -0.1) is 0 Å². The minimum absolute atomic E-state index is 0.252. The van der Waals surface area contributed by atoms with Crippen LogP contribution in [0.3, 0.4) is 0 Å². The molecule has 0 aromatic heterocycles. The predicted molar refractivity (Wildman–Crippen MR) is 45.7 cm³/mol. The van der Waals surface area contributed by atoms with Crippen molar-refractivity contribution in [2.75, 3.05) is 25.2 Å². The molecule has 0 atom stereocenters. The molecule has 0 unspecified atom stereocenters. The van der Waals surface area contributed by atoms with Crippen molar-refractivity contribution < 1.29 is 4.74 Å². The van der Waals surface area contributed by atoms with Crippen LogP contribution in [0.15, 0.2) is 0 Å². The van der Waals surface area contributed by atoms with E-state index in [0.29, 0.717) is 5.75 Å². The van der Waals surface area contributed by atoms with Crippen molar-refractivity contribution >= 4 is 17.6 Å². The average molecular weight is 162 g/mol.